The van der Waals surface area contributed by atoms with E-state index in [1.54, 1.807) is 0 Å². The first-order chi connectivity index (χ1) is 25.4. The van der Waals surface area contributed by atoms with Gasteiger partial charge in [0.1, 0.15) is 23.0 Å². The van der Waals surface area contributed by atoms with Crippen LogP contribution < -0.4 is 18.1 Å². The minimum absolute atomic E-state index is 0.538. The van der Waals surface area contributed by atoms with Gasteiger partial charge in [0.15, 0.2) is 0 Å². The maximum Gasteiger partial charge on any atom is 0.457 e. The molecule has 0 aromatic heterocycles. The summed E-state index contributed by atoms with van der Waals surface area (Å²) in [6, 6.07) is 48.6. The number of nitrogens with zero attached hydrogens (tertiary/aromatic N) is 3. The van der Waals surface area contributed by atoms with Crippen molar-refractivity contribution in [3.63, 3.8) is 0 Å². The highest BCUT2D eigenvalue weighted by Crippen LogP contribution is 2.83. The minimum Gasteiger partial charge on any atom is -0.413 e. The van der Waals surface area contributed by atoms with Gasteiger partial charge in [-0.25, -0.2) is 0 Å². The smallest absolute Gasteiger partial charge is 0.413 e. The van der Waals surface area contributed by atoms with Crippen LogP contribution in [0, 0.1) is 0 Å². The van der Waals surface area contributed by atoms with Crippen LogP contribution in [-0.4, -0.2) is 0 Å². The van der Waals surface area contributed by atoms with Crippen LogP contribution in [0.4, 0.5) is 0 Å². The van der Waals surface area contributed by atoms with E-state index in [2.05, 4.69) is 48.5 Å². The molecule has 0 N–H and O–H groups in total. The molecule has 0 unspecified atom stereocenters. The minimum atomic E-state index is -3.80. The molecule has 0 bridgehead atoms. The Balaban J connectivity index is 1.23. The summed E-state index contributed by atoms with van der Waals surface area (Å²) in [5, 5.41) is 8.18. The highest BCUT2D eigenvalue weighted by Gasteiger charge is 2.47. The molecular weight excluding hydrogens is 750 g/mol. The van der Waals surface area contributed by atoms with Gasteiger partial charge >= 0.3 is 15.3 Å². The van der Waals surface area contributed by atoms with E-state index in [1.807, 2.05) is 97.1 Å². The standard InChI is InChI=1S/C40H24Cl2N3O4P3/c41-50(42)43-51(46-33-21-17-25-9-1-5-13-29(25)37(33)38-30-14-6-2-10-26(30)18-22-34(38)47-51)45-52(44-50)48-35-23-19-27-11-3-7-15-31(27)39(35)40-32-16-8-4-12-28(32)20-24-36(40)49-52/h1-24H. The predicted molar refractivity (Wildman–Crippen MR) is 216 cm³/mol. The van der Waals surface area contributed by atoms with Gasteiger partial charge in [-0.2, -0.15) is 0 Å². The van der Waals surface area contributed by atoms with Crippen molar-refractivity contribution in [2.24, 2.45) is 13.5 Å². The van der Waals surface area contributed by atoms with Gasteiger partial charge in [-0.05, 0) is 89.8 Å². The number of fused-ring (bicyclic) bond motifs is 14. The van der Waals surface area contributed by atoms with Crippen LogP contribution in [0.3, 0.4) is 0 Å². The van der Waals surface area contributed by atoms with Crippen molar-refractivity contribution in [2.45, 2.75) is 0 Å². The molecule has 252 valence electrons. The van der Waals surface area contributed by atoms with Gasteiger partial charge in [0.05, 0.1) is 0 Å². The second kappa shape index (κ2) is 11.1. The average molecular weight is 774 g/mol. The molecule has 0 aliphatic carbocycles. The zero-order valence-corrected chi connectivity index (χ0v) is 31.1. The lowest BCUT2D eigenvalue weighted by Gasteiger charge is -2.29. The highest BCUT2D eigenvalue weighted by molar-refractivity contribution is 8.13. The molecule has 3 heterocycles. The Morgan fingerprint density at radius 2 is 0.615 bits per heavy atom. The summed E-state index contributed by atoms with van der Waals surface area (Å²) >= 11 is 14.3. The van der Waals surface area contributed by atoms with E-state index in [-0.39, 0.29) is 0 Å². The third kappa shape index (κ3) is 4.71. The van der Waals surface area contributed by atoms with Gasteiger partial charge < -0.3 is 18.1 Å². The molecule has 12 heteroatoms. The molecule has 52 heavy (non-hydrogen) atoms. The fourth-order valence-electron chi connectivity index (χ4n) is 7.51. The zero-order valence-electron chi connectivity index (χ0n) is 26.9. The second-order valence-electron chi connectivity index (χ2n) is 12.7. The van der Waals surface area contributed by atoms with E-state index in [4.69, 9.17) is 54.1 Å². The molecule has 2 spiro atoms. The van der Waals surface area contributed by atoms with Gasteiger partial charge in [0, 0.05) is 22.3 Å². The maximum absolute atomic E-state index is 7.13. The Kier molecular flexibility index (Phi) is 6.61. The quantitative estimate of drug-likeness (QED) is 0.144. The van der Waals surface area contributed by atoms with Crippen LogP contribution in [0.1, 0.15) is 0 Å². The normalized spacial score (nSPS) is 17.0. The summed E-state index contributed by atoms with van der Waals surface area (Å²) in [7, 11) is -7.60. The van der Waals surface area contributed by atoms with Crippen LogP contribution in [0.2, 0.25) is 0 Å². The largest absolute Gasteiger partial charge is 0.457 e. The molecule has 0 saturated carbocycles. The van der Waals surface area contributed by atoms with E-state index < -0.39 is 21.2 Å². The Morgan fingerprint density at radius 1 is 0.327 bits per heavy atom. The van der Waals surface area contributed by atoms with E-state index in [9.17, 15) is 0 Å². The first kappa shape index (κ1) is 30.9. The van der Waals surface area contributed by atoms with Crippen molar-refractivity contribution in [3.05, 3.63) is 146 Å². The molecular formula is C40H24Cl2N3O4P3. The van der Waals surface area contributed by atoms with Crippen molar-refractivity contribution in [2.75, 3.05) is 0 Å². The highest BCUT2D eigenvalue weighted by atomic mass is 35.9. The van der Waals surface area contributed by atoms with Gasteiger partial charge in [0.2, 0.25) is 0 Å². The third-order valence-electron chi connectivity index (χ3n) is 9.60. The SMILES string of the molecule is ClP1(Cl)=NP2(=NP3(=N1)Oc1ccc4ccccc4c1-c1c(ccc4ccccc14)O3)Oc1ccc3ccccc3c1-c1c(ccc3ccccc13)O2. The lowest BCUT2D eigenvalue weighted by atomic mass is 9.92. The summed E-state index contributed by atoms with van der Waals surface area (Å²) in [6.07, 6.45) is 0. The van der Waals surface area contributed by atoms with Gasteiger partial charge in [-0.1, -0.05) is 126 Å². The molecule has 0 amide bonds. The van der Waals surface area contributed by atoms with Crippen molar-refractivity contribution in [1.82, 2.24) is 0 Å². The van der Waals surface area contributed by atoms with Gasteiger partial charge in [-0.15, -0.1) is 9.03 Å². The zero-order chi connectivity index (χ0) is 34.7. The van der Waals surface area contributed by atoms with Gasteiger partial charge in [0.25, 0.3) is 5.91 Å². The molecule has 8 aromatic rings. The van der Waals surface area contributed by atoms with Gasteiger partial charge in [-0.3, -0.25) is 0 Å². The molecule has 3 aliphatic rings. The summed E-state index contributed by atoms with van der Waals surface area (Å²) < 4.78 is 42.8. The van der Waals surface area contributed by atoms with Crippen molar-refractivity contribution >= 4 is 86.8 Å². The van der Waals surface area contributed by atoms with Crippen LogP contribution in [0.15, 0.2) is 159 Å². The van der Waals surface area contributed by atoms with E-state index in [1.165, 1.54) is 0 Å². The summed E-state index contributed by atoms with van der Waals surface area (Å²) in [4.78, 5) is 0. The Morgan fingerprint density at radius 3 is 0.942 bits per heavy atom. The predicted octanol–water partition coefficient (Wildman–Crippen LogP) is 15.2. The number of hydrogen-bond donors (Lipinski definition) is 0. The van der Waals surface area contributed by atoms with Crippen LogP contribution >= 0.6 is 43.7 Å². The lowest BCUT2D eigenvalue weighted by Crippen LogP contribution is -2.04. The van der Waals surface area contributed by atoms with Crippen LogP contribution in [-0.2, 0) is 0 Å². The van der Waals surface area contributed by atoms with Crippen LogP contribution in [0.5, 0.6) is 23.0 Å². The van der Waals surface area contributed by atoms with Crippen molar-refractivity contribution < 1.29 is 18.1 Å². The molecule has 3 aliphatic heterocycles. The molecule has 0 fully saturated rings. The number of hydrogen-bond acceptors (Lipinski definition) is 7. The fourth-order valence-corrected chi connectivity index (χ4v) is 18.2. The lowest BCUT2D eigenvalue weighted by molar-refractivity contribution is 0.469. The van der Waals surface area contributed by atoms with E-state index >= 15 is 0 Å². The first-order valence-electron chi connectivity index (χ1n) is 16.5. The maximum atomic E-state index is 7.13. The van der Waals surface area contributed by atoms with Crippen molar-refractivity contribution in [3.8, 4) is 45.3 Å². The monoisotopic (exact) mass is 773 g/mol. The topological polar surface area (TPSA) is 74.0 Å². The molecule has 7 nitrogen and oxygen atoms in total. The molecule has 0 radical (unpaired) electrons. The summed E-state index contributed by atoms with van der Waals surface area (Å²) in [5.74, 6) is -1.43. The van der Waals surface area contributed by atoms with E-state index in [0.29, 0.717) is 23.0 Å². The molecule has 0 atom stereocenters. The number of halogens is 2. The van der Waals surface area contributed by atoms with Crippen molar-refractivity contribution in [1.29, 1.82) is 0 Å². The number of rotatable bonds is 0. The second-order valence-corrected chi connectivity index (χ2v) is 21.8. The molecule has 0 saturated heterocycles. The Labute approximate surface area is 307 Å². The summed E-state index contributed by atoms with van der Waals surface area (Å²) in [5.41, 5.74) is 3.47. The average Bonchev–Trinajstić information content (AvgIpc) is 3.37. The Bertz CT molecular complexity index is 2710. The fraction of sp³-hybridized carbons (Fsp3) is 0. The van der Waals surface area contributed by atoms with E-state index in [0.717, 1.165) is 65.3 Å². The van der Waals surface area contributed by atoms with Crippen LogP contribution in [0.25, 0.3) is 65.3 Å². The Hall–Kier alpha value is -4.73. The molecule has 11 rings (SSSR count). The summed E-state index contributed by atoms with van der Waals surface area (Å²) in [6.45, 7) is 0. The first-order valence-corrected chi connectivity index (χ1v) is 23.1. The third-order valence-corrected chi connectivity index (χ3v) is 19.1. The number of benzene rings is 8. The molecule has 8 aromatic carbocycles.